The summed E-state index contributed by atoms with van der Waals surface area (Å²) in [5, 5.41) is 0. The second-order valence-corrected chi connectivity index (χ2v) is 9.76. The SMILES string of the molecule is COc1ccc(C(=O)N2c3ccccc3-c3c(ssc3=S)C2(C)C)cc1OC. The highest BCUT2D eigenvalue weighted by Crippen LogP contribution is 2.52. The highest BCUT2D eigenvalue weighted by atomic mass is 32.9. The van der Waals surface area contributed by atoms with Gasteiger partial charge in [-0.2, -0.15) is 0 Å². The van der Waals surface area contributed by atoms with Gasteiger partial charge in [0.1, 0.15) is 3.82 Å². The molecule has 0 N–H and O–H groups in total. The average Bonchev–Trinajstić information content (AvgIpc) is 3.10. The van der Waals surface area contributed by atoms with Gasteiger partial charge in [0, 0.05) is 16.7 Å². The number of para-hydroxylation sites is 1. The summed E-state index contributed by atoms with van der Waals surface area (Å²) in [6.07, 6.45) is 0. The standard InChI is InChI=1S/C21H19NO3S3/c1-21(2)18-17(20(26)28-27-18)13-7-5-6-8-14(13)22(21)19(23)12-9-10-15(24-3)16(11-12)25-4/h5-11H,1-4H3. The number of anilines is 1. The number of fused-ring (bicyclic) bond motifs is 3. The van der Waals surface area contributed by atoms with E-state index in [0.29, 0.717) is 17.1 Å². The molecule has 4 rings (SSSR count). The summed E-state index contributed by atoms with van der Waals surface area (Å²) >= 11 is 5.60. The van der Waals surface area contributed by atoms with Gasteiger partial charge >= 0.3 is 0 Å². The fraction of sp³-hybridized carbons (Fsp3) is 0.238. The number of amides is 1. The van der Waals surface area contributed by atoms with E-state index in [4.69, 9.17) is 21.7 Å². The molecule has 1 aromatic heterocycles. The van der Waals surface area contributed by atoms with Crippen molar-refractivity contribution < 1.29 is 14.3 Å². The van der Waals surface area contributed by atoms with Crippen LogP contribution in [0.1, 0.15) is 29.1 Å². The number of carbonyl (C=O) groups is 1. The molecule has 0 aliphatic carbocycles. The third-order valence-electron chi connectivity index (χ3n) is 4.99. The third-order valence-corrected chi connectivity index (χ3v) is 8.32. The molecule has 2 heterocycles. The number of nitrogens with zero attached hydrogens (tertiary/aromatic N) is 1. The quantitative estimate of drug-likeness (QED) is 0.371. The second kappa shape index (κ2) is 6.99. The Morgan fingerprint density at radius 3 is 2.46 bits per heavy atom. The Bertz CT molecular complexity index is 1130. The molecule has 1 aliphatic heterocycles. The Morgan fingerprint density at radius 1 is 1.04 bits per heavy atom. The van der Waals surface area contributed by atoms with Crippen LogP contribution in [0.15, 0.2) is 42.5 Å². The topological polar surface area (TPSA) is 38.8 Å². The van der Waals surface area contributed by atoms with Gasteiger partial charge in [-0.15, -0.1) is 0 Å². The van der Waals surface area contributed by atoms with Crippen molar-refractivity contribution in [2.75, 3.05) is 19.1 Å². The number of ether oxygens (including phenoxy) is 2. The van der Waals surface area contributed by atoms with Gasteiger partial charge in [-0.25, -0.2) is 0 Å². The highest BCUT2D eigenvalue weighted by molar-refractivity contribution is 7.80. The van der Waals surface area contributed by atoms with E-state index >= 15 is 0 Å². The van der Waals surface area contributed by atoms with E-state index in [9.17, 15) is 4.79 Å². The molecule has 2 aromatic carbocycles. The van der Waals surface area contributed by atoms with Gasteiger partial charge in [0.2, 0.25) is 0 Å². The number of hydrogen-bond donors (Lipinski definition) is 0. The summed E-state index contributed by atoms with van der Waals surface area (Å²) in [6.45, 7) is 4.14. The van der Waals surface area contributed by atoms with E-state index in [0.717, 1.165) is 25.5 Å². The van der Waals surface area contributed by atoms with Crippen LogP contribution in [0.25, 0.3) is 11.1 Å². The van der Waals surface area contributed by atoms with E-state index < -0.39 is 5.54 Å². The van der Waals surface area contributed by atoms with Crippen LogP contribution in [0, 0.1) is 3.82 Å². The van der Waals surface area contributed by atoms with Crippen molar-refractivity contribution in [2.45, 2.75) is 19.4 Å². The molecule has 3 aromatic rings. The Morgan fingerprint density at radius 2 is 1.75 bits per heavy atom. The van der Waals surface area contributed by atoms with Crippen molar-refractivity contribution in [1.29, 1.82) is 0 Å². The Kier molecular flexibility index (Phi) is 4.77. The summed E-state index contributed by atoms with van der Waals surface area (Å²) in [7, 11) is 6.38. The normalized spacial score (nSPS) is 14.2. The van der Waals surface area contributed by atoms with Crippen LogP contribution in [0.4, 0.5) is 5.69 Å². The molecule has 4 nitrogen and oxygen atoms in total. The Labute approximate surface area is 176 Å². The smallest absolute Gasteiger partial charge is 0.259 e. The minimum absolute atomic E-state index is 0.0895. The zero-order chi connectivity index (χ0) is 20.1. The van der Waals surface area contributed by atoms with E-state index in [1.165, 1.54) is 0 Å². The molecule has 0 unspecified atom stereocenters. The summed E-state index contributed by atoms with van der Waals surface area (Å²) in [5.41, 5.74) is 2.99. The maximum Gasteiger partial charge on any atom is 0.259 e. The number of rotatable bonds is 3. The van der Waals surface area contributed by atoms with Crippen LogP contribution in [0.2, 0.25) is 0 Å². The zero-order valence-electron chi connectivity index (χ0n) is 15.9. The minimum Gasteiger partial charge on any atom is -0.493 e. The molecule has 0 atom stereocenters. The molecule has 1 aliphatic rings. The number of benzene rings is 2. The van der Waals surface area contributed by atoms with Crippen LogP contribution in [-0.4, -0.2) is 20.1 Å². The summed E-state index contributed by atoms with van der Waals surface area (Å²) < 4.78 is 11.6. The molecule has 0 fully saturated rings. The monoisotopic (exact) mass is 429 g/mol. The van der Waals surface area contributed by atoms with Gasteiger partial charge in [0.15, 0.2) is 11.5 Å². The van der Waals surface area contributed by atoms with Crippen molar-refractivity contribution in [3.63, 3.8) is 0 Å². The molecule has 0 saturated carbocycles. The molecule has 7 heteroatoms. The largest absolute Gasteiger partial charge is 0.493 e. The maximum atomic E-state index is 13.7. The van der Waals surface area contributed by atoms with Crippen LogP contribution in [0.5, 0.6) is 11.5 Å². The predicted octanol–water partition coefficient (Wildman–Crippen LogP) is 6.12. The van der Waals surface area contributed by atoms with Gasteiger partial charge in [0.25, 0.3) is 5.91 Å². The van der Waals surface area contributed by atoms with Gasteiger partial charge in [0.05, 0.1) is 30.3 Å². The van der Waals surface area contributed by atoms with Crippen molar-refractivity contribution in [3.05, 3.63) is 56.7 Å². The zero-order valence-corrected chi connectivity index (χ0v) is 18.4. The minimum atomic E-state index is -0.522. The lowest BCUT2D eigenvalue weighted by Crippen LogP contribution is -2.47. The fourth-order valence-corrected chi connectivity index (χ4v) is 6.92. The molecule has 1 amide bonds. The molecule has 0 radical (unpaired) electrons. The summed E-state index contributed by atoms with van der Waals surface area (Å²) in [5.74, 6) is 1.03. The lowest BCUT2D eigenvalue weighted by Gasteiger charge is -2.43. The molecule has 0 bridgehead atoms. The first-order chi connectivity index (χ1) is 13.4. The van der Waals surface area contributed by atoms with Gasteiger partial charge in [-0.05, 0) is 38.1 Å². The van der Waals surface area contributed by atoms with Crippen molar-refractivity contribution >= 4 is 44.5 Å². The van der Waals surface area contributed by atoms with Crippen LogP contribution < -0.4 is 14.4 Å². The molecule has 0 saturated heterocycles. The molecular formula is C21H19NO3S3. The van der Waals surface area contributed by atoms with Gasteiger partial charge < -0.3 is 9.47 Å². The molecule has 144 valence electrons. The summed E-state index contributed by atoms with van der Waals surface area (Å²) in [6, 6.07) is 13.2. The Balaban J connectivity index is 1.90. The first kappa shape index (κ1) is 19.1. The van der Waals surface area contributed by atoms with Crippen molar-refractivity contribution in [1.82, 2.24) is 0 Å². The van der Waals surface area contributed by atoms with E-state index in [-0.39, 0.29) is 5.91 Å². The van der Waals surface area contributed by atoms with Crippen molar-refractivity contribution in [3.8, 4) is 22.6 Å². The molecular weight excluding hydrogens is 410 g/mol. The van der Waals surface area contributed by atoms with Gasteiger partial charge in [-0.3, -0.25) is 9.69 Å². The maximum absolute atomic E-state index is 13.7. The lowest BCUT2D eigenvalue weighted by atomic mass is 9.87. The number of carbonyl (C=O) groups excluding carboxylic acids is 1. The Hall–Kier alpha value is -2.22. The second-order valence-electron chi connectivity index (χ2n) is 6.94. The lowest BCUT2D eigenvalue weighted by molar-refractivity contribution is 0.0961. The van der Waals surface area contributed by atoms with Crippen molar-refractivity contribution in [2.24, 2.45) is 0 Å². The van der Waals surface area contributed by atoms with Crippen LogP contribution in [0.3, 0.4) is 0 Å². The van der Waals surface area contributed by atoms with E-state index in [1.807, 2.05) is 29.2 Å². The van der Waals surface area contributed by atoms with Crippen LogP contribution in [-0.2, 0) is 5.54 Å². The summed E-state index contributed by atoms with van der Waals surface area (Å²) in [4.78, 5) is 16.7. The first-order valence-corrected chi connectivity index (χ1v) is 11.3. The fourth-order valence-electron chi connectivity index (χ4n) is 3.64. The van der Waals surface area contributed by atoms with Gasteiger partial charge in [-0.1, -0.05) is 51.1 Å². The number of methoxy groups -OCH3 is 2. The van der Waals surface area contributed by atoms with E-state index in [1.54, 1.807) is 53.1 Å². The predicted molar refractivity (Wildman–Crippen MR) is 118 cm³/mol. The average molecular weight is 430 g/mol. The third kappa shape index (κ3) is 2.77. The highest BCUT2D eigenvalue weighted by Gasteiger charge is 2.43. The number of hydrogen-bond acceptors (Lipinski definition) is 6. The molecule has 28 heavy (non-hydrogen) atoms. The van der Waals surface area contributed by atoms with Crippen LogP contribution >= 0.6 is 32.9 Å². The van der Waals surface area contributed by atoms with E-state index in [2.05, 4.69) is 13.8 Å². The molecule has 0 spiro atoms. The first-order valence-electron chi connectivity index (χ1n) is 8.69.